The molecule has 1 saturated carbocycles. The summed E-state index contributed by atoms with van der Waals surface area (Å²) in [6.07, 6.45) is 6.26. The Balaban J connectivity index is 1.47. The minimum Gasteiger partial charge on any atom is -0.460 e. The Kier molecular flexibility index (Phi) is 5.18. The van der Waals surface area contributed by atoms with Gasteiger partial charge in [0.05, 0.1) is 17.1 Å². The average Bonchev–Trinajstić information content (AvgIpc) is 3.08. The number of carbonyl (C=O) groups is 1. The number of ether oxygens (including phenoxy) is 1. The van der Waals surface area contributed by atoms with Gasteiger partial charge in [-0.15, -0.1) is 0 Å². The predicted molar refractivity (Wildman–Crippen MR) is 120 cm³/mol. The summed E-state index contributed by atoms with van der Waals surface area (Å²) in [5.41, 5.74) is 3.20. The molecule has 1 saturated heterocycles. The van der Waals surface area contributed by atoms with Crippen molar-refractivity contribution in [2.45, 2.75) is 109 Å². The number of hydrogen-bond donors (Lipinski definition) is 0. The highest BCUT2D eigenvalue weighted by atomic mass is 16.7. The Morgan fingerprint density at radius 1 is 1.03 bits per heavy atom. The third-order valence-electron chi connectivity index (χ3n) is 7.78. The fraction of sp³-hybridized carbons (Fsp3) is 0.720. The second-order valence-electron chi connectivity index (χ2n) is 11.6. The number of aryl methyl sites for hydroxylation is 1. The molecule has 1 aliphatic heterocycles. The summed E-state index contributed by atoms with van der Waals surface area (Å²) in [7, 11) is -0.306. The first-order valence-electron chi connectivity index (χ1n) is 11.5. The van der Waals surface area contributed by atoms with Crippen molar-refractivity contribution in [1.29, 1.82) is 0 Å². The van der Waals surface area contributed by atoms with Crippen molar-refractivity contribution >= 4 is 18.6 Å². The van der Waals surface area contributed by atoms with Crippen LogP contribution in [0.1, 0.15) is 91.7 Å². The van der Waals surface area contributed by atoms with E-state index in [2.05, 4.69) is 45.9 Å². The molecule has 0 N–H and O–H groups in total. The number of benzene rings is 1. The monoisotopic (exact) mass is 412 g/mol. The van der Waals surface area contributed by atoms with Crippen molar-refractivity contribution in [3.63, 3.8) is 0 Å². The molecule has 30 heavy (non-hydrogen) atoms. The lowest BCUT2D eigenvalue weighted by Crippen LogP contribution is -2.41. The van der Waals surface area contributed by atoms with Gasteiger partial charge in [0.1, 0.15) is 5.60 Å². The van der Waals surface area contributed by atoms with E-state index in [-0.39, 0.29) is 35.6 Å². The summed E-state index contributed by atoms with van der Waals surface area (Å²) in [6.45, 7) is 14.2. The molecule has 3 aliphatic rings. The normalized spacial score (nSPS) is 29.8. The zero-order chi connectivity index (χ0) is 21.9. The molecule has 0 radical (unpaired) electrons. The third-order valence-corrected chi connectivity index (χ3v) is 7.78. The van der Waals surface area contributed by atoms with E-state index in [4.69, 9.17) is 14.0 Å². The minimum atomic E-state index is -0.407. The zero-order valence-electron chi connectivity index (χ0n) is 19.8. The molecule has 0 bridgehead atoms. The maximum atomic E-state index is 12.5. The van der Waals surface area contributed by atoms with Crippen LogP contribution in [0.15, 0.2) is 18.2 Å². The van der Waals surface area contributed by atoms with E-state index >= 15 is 0 Å². The Morgan fingerprint density at radius 2 is 1.63 bits per heavy atom. The highest BCUT2D eigenvalue weighted by Gasteiger charge is 2.52. The lowest BCUT2D eigenvalue weighted by Gasteiger charge is -2.38. The highest BCUT2D eigenvalue weighted by molar-refractivity contribution is 6.62. The van der Waals surface area contributed by atoms with Crippen LogP contribution in [0.5, 0.6) is 0 Å². The predicted octanol–water partition coefficient (Wildman–Crippen LogP) is 4.70. The smallest absolute Gasteiger partial charge is 0.460 e. The Bertz CT molecular complexity index is 812. The maximum absolute atomic E-state index is 12.5. The van der Waals surface area contributed by atoms with Gasteiger partial charge in [0.15, 0.2) is 0 Å². The molecule has 1 spiro atoms. The van der Waals surface area contributed by atoms with Crippen molar-refractivity contribution in [1.82, 2.24) is 0 Å². The Labute approximate surface area is 182 Å². The van der Waals surface area contributed by atoms with Gasteiger partial charge in [0.2, 0.25) is 0 Å². The molecule has 2 aliphatic carbocycles. The van der Waals surface area contributed by atoms with Gasteiger partial charge in [0.25, 0.3) is 0 Å². The summed E-state index contributed by atoms with van der Waals surface area (Å²) in [5.74, 6) is 0.0228. The van der Waals surface area contributed by atoms with Crippen LogP contribution < -0.4 is 5.46 Å². The fourth-order valence-electron chi connectivity index (χ4n) is 5.28. The van der Waals surface area contributed by atoms with Gasteiger partial charge in [-0.1, -0.05) is 18.2 Å². The summed E-state index contributed by atoms with van der Waals surface area (Å²) in [4.78, 5) is 12.5. The molecule has 1 aromatic rings. The van der Waals surface area contributed by atoms with E-state index in [1.807, 2.05) is 20.8 Å². The summed E-state index contributed by atoms with van der Waals surface area (Å²) in [6, 6.07) is 6.79. The van der Waals surface area contributed by atoms with E-state index in [1.165, 1.54) is 17.5 Å². The van der Waals surface area contributed by atoms with Gasteiger partial charge in [-0.3, -0.25) is 4.79 Å². The Morgan fingerprint density at radius 3 is 2.20 bits per heavy atom. The van der Waals surface area contributed by atoms with Crippen LogP contribution in [0.25, 0.3) is 0 Å². The quantitative estimate of drug-likeness (QED) is 0.522. The largest absolute Gasteiger partial charge is 0.494 e. The summed E-state index contributed by atoms with van der Waals surface area (Å²) in [5, 5.41) is 0. The molecule has 164 valence electrons. The summed E-state index contributed by atoms with van der Waals surface area (Å²) >= 11 is 0. The number of fused-ring (bicyclic) bond motifs is 2. The number of rotatable bonds is 2. The average molecular weight is 412 g/mol. The topological polar surface area (TPSA) is 44.8 Å². The molecule has 4 rings (SSSR count). The third kappa shape index (κ3) is 3.84. The lowest BCUT2D eigenvalue weighted by molar-refractivity contribution is -0.161. The second kappa shape index (κ2) is 7.10. The van der Waals surface area contributed by atoms with Gasteiger partial charge >= 0.3 is 13.1 Å². The van der Waals surface area contributed by atoms with Crippen LogP contribution in [0.2, 0.25) is 0 Å². The standard InChI is InChI=1S/C25H37BO4/c1-22(2,3)28-21(27)17-10-13-25(14-11-17)15-12-18-16-19(8-9-20(18)25)26-29-23(4,5)24(6,7)30-26/h8-9,16-17H,10-15H2,1-7H3. The molecule has 1 heterocycles. The Hall–Kier alpha value is -1.33. The molecule has 0 aromatic heterocycles. The number of esters is 1. The molecular formula is C25H37BO4. The van der Waals surface area contributed by atoms with Crippen molar-refractivity contribution in [2.75, 3.05) is 0 Å². The van der Waals surface area contributed by atoms with E-state index in [0.29, 0.717) is 0 Å². The van der Waals surface area contributed by atoms with E-state index in [9.17, 15) is 4.79 Å². The first-order valence-corrected chi connectivity index (χ1v) is 11.5. The van der Waals surface area contributed by atoms with Gasteiger partial charge < -0.3 is 14.0 Å². The SMILES string of the molecule is CC(C)(C)OC(=O)C1CCC2(CCc3cc(B4OC(C)(C)C(C)(C)O4)ccc32)CC1. The van der Waals surface area contributed by atoms with Crippen molar-refractivity contribution in [2.24, 2.45) is 5.92 Å². The van der Waals surface area contributed by atoms with E-state index in [0.717, 1.165) is 37.6 Å². The molecule has 2 fully saturated rings. The second-order valence-corrected chi connectivity index (χ2v) is 11.6. The van der Waals surface area contributed by atoms with E-state index < -0.39 is 5.60 Å². The van der Waals surface area contributed by atoms with Gasteiger partial charge in [-0.25, -0.2) is 0 Å². The number of carbonyl (C=O) groups excluding carboxylic acids is 1. The maximum Gasteiger partial charge on any atom is 0.494 e. The first kappa shape index (κ1) is 21.9. The summed E-state index contributed by atoms with van der Waals surface area (Å²) < 4.78 is 18.1. The molecule has 5 heteroatoms. The minimum absolute atomic E-state index is 0.0216. The number of hydrogen-bond acceptors (Lipinski definition) is 4. The van der Waals surface area contributed by atoms with Crippen molar-refractivity contribution in [3.8, 4) is 0 Å². The van der Waals surface area contributed by atoms with E-state index in [1.54, 1.807) is 0 Å². The molecular weight excluding hydrogens is 375 g/mol. The highest BCUT2D eigenvalue weighted by Crippen LogP contribution is 2.50. The molecule has 4 nitrogen and oxygen atoms in total. The molecule has 1 aromatic carbocycles. The van der Waals surface area contributed by atoms with Gasteiger partial charge in [-0.2, -0.15) is 0 Å². The van der Waals surface area contributed by atoms with Gasteiger partial charge in [0, 0.05) is 0 Å². The van der Waals surface area contributed by atoms with Crippen LogP contribution in [0.4, 0.5) is 0 Å². The van der Waals surface area contributed by atoms with Crippen LogP contribution >= 0.6 is 0 Å². The van der Waals surface area contributed by atoms with Crippen LogP contribution in [-0.2, 0) is 30.7 Å². The fourth-order valence-corrected chi connectivity index (χ4v) is 5.28. The van der Waals surface area contributed by atoms with Crippen molar-refractivity contribution < 1.29 is 18.8 Å². The van der Waals surface area contributed by atoms with Crippen LogP contribution in [-0.4, -0.2) is 29.9 Å². The van der Waals surface area contributed by atoms with Crippen LogP contribution in [0, 0.1) is 5.92 Å². The van der Waals surface area contributed by atoms with Crippen molar-refractivity contribution in [3.05, 3.63) is 29.3 Å². The molecule has 0 unspecified atom stereocenters. The first-order chi connectivity index (χ1) is 13.8. The molecule has 0 atom stereocenters. The zero-order valence-corrected chi connectivity index (χ0v) is 19.8. The van der Waals surface area contributed by atoms with Gasteiger partial charge in [-0.05, 0) is 109 Å². The van der Waals surface area contributed by atoms with Crippen LogP contribution in [0.3, 0.4) is 0 Å². The molecule has 0 amide bonds. The lowest BCUT2D eigenvalue weighted by atomic mass is 9.67.